The van der Waals surface area contributed by atoms with Gasteiger partial charge in [-0.25, -0.2) is 0 Å². The van der Waals surface area contributed by atoms with Gasteiger partial charge in [0.1, 0.15) is 0 Å². The van der Waals surface area contributed by atoms with Crippen molar-refractivity contribution >= 4 is 11.6 Å². The molecule has 2 aromatic carbocycles. The molecule has 2 aromatic rings. The van der Waals surface area contributed by atoms with E-state index in [1.807, 2.05) is 6.07 Å². The molecule has 0 bridgehead atoms. The predicted molar refractivity (Wildman–Crippen MR) is 74.8 cm³/mol. The largest absolute Gasteiger partial charge is 0.0840 e. The van der Waals surface area contributed by atoms with Gasteiger partial charge in [0, 0.05) is 5.02 Å². The van der Waals surface area contributed by atoms with Crippen molar-refractivity contribution in [1.29, 1.82) is 0 Å². The molecule has 0 nitrogen and oxygen atoms in total. The van der Waals surface area contributed by atoms with Gasteiger partial charge in [-0.05, 0) is 49.4 Å². The van der Waals surface area contributed by atoms with Gasteiger partial charge >= 0.3 is 0 Å². The lowest BCUT2D eigenvalue weighted by Crippen LogP contribution is -1.92. The molecule has 0 aromatic heterocycles. The SMILES string of the molecule is Cc1ccc(CCc2ccc(C)cc2Cl)cc1. The van der Waals surface area contributed by atoms with Gasteiger partial charge in [0.2, 0.25) is 0 Å². The van der Waals surface area contributed by atoms with E-state index in [-0.39, 0.29) is 0 Å². The van der Waals surface area contributed by atoms with Crippen molar-refractivity contribution in [2.45, 2.75) is 26.7 Å². The van der Waals surface area contributed by atoms with Gasteiger partial charge in [0.05, 0.1) is 0 Å². The molecule has 0 atom stereocenters. The van der Waals surface area contributed by atoms with Gasteiger partial charge in [0.15, 0.2) is 0 Å². The molecule has 0 aliphatic rings. The van der Waals surface area contributed by atoms with Crippen LogP contribution in [0.5, 0.6) is 0 Å². The topological polar surface area (TPSA) is 0 Å². The van der Waals surface area contributed by atoms with Crippen LogP contribution in [0, 0.1) is 13.8 Å². The molecule has 0 aliphatic heterocycles. The Hall–Kier alpha value is -1.27. The summed E-state index contributed by atoms with van der Waals surface area (Å²) in [4.78, 5) is 0. The molecule has 0 heterocycles. The highest BCUT2D eigenvalue weighted by atomic mass is 35.5. The van der Waals surface area contributed by atoms with E-state index in [9.17, 15) is 0 Å². The first-order valence-electron chi connectivity index (χ1n) is 5.96. The zero-order valence-electron chi connectivity index (χ0n) is 10.3. The highest BCUT2D eigenvalue weighted by Crippen LogP contribution is 2.19. The summed E-state index contributed by atoms with van der Waals surface area (Å²) in [6.07, 6.45) is 2.05. The van der Waals surface area contributed by atoms with Gasteiger partial charge in [-0.1, -0.05) is 53.6 Å². The molecule has 0 N–H and O–H groups in total. The number of halogens is 1. The van der Waals surface area contributed by atoms with Crippen LogP contribution in [0.4, 0.5) is 0 Å². The average Bonchev–Trinajstić information content (AvgIpc) is 2.30. The summed E-state index contributed by atoms with van der Waals surface area (Å²) in [6, 6.07) is 15.0. The maximum atomic E-state index is 6.22. The highest BCUT2D eigenvalue weighted by molar-refractivity contribution is 6.31. The van der Waals surface area contributed by atoms with Crippen molar-refractivity contribution in [3.8, 4) is 0 Å². The van der Waals surface area contributed by atoms with Crippen LogP contribution in [0.25, 0.3) is 0 Å². The predicted octanol–water partition coefficient (Wildman–Crippen LogP) is 4.74. The van der Waals surface area contributed by atoms with Crippen LogP contribution in [0.3, 0.4) is 0 Å². The number of aryl methyl sites for hydroxylation is 4. The van der Waals surface area contributed by atoms with Crippen molar-refractivity contribution < 1.29 is 0 Å². The molecule has 0 aliphatic carbocycles. The summed E-state index contributed by atoms with van der Waals surface area (Å²) in [5, 5.41) is 0.886. The Balaban J connectivity index is 2.04. The van der Waals surface area contributed by atoms with Crippen LogP contribution < -0.4 is 0 Å². The molecule has 0 fully saturated rings. The van der Waals surface area contributed by atoms with Gasteiger partial charge < -0.3 is 0 Å². The first-order valence-corrected chi connectivity index (χ1v) is 6.33. The second-order valence-corrected chi connectivity index (χ2v) is 4.99. The standard InChI is InChI=1S/C16H17Cl/c1-12-3-6-14(7-4-12)8-10-15-9-5-13(2)11-16(15)17/h3-7,9,11H,8,10H2,1-2H3. The summed E-state index contributed by atoms with van der Waals surface area (Å²) in [5.74, 6) is 0. The van der Waals surface area contributed by atoms with Crippen molar-refractivity contribution in [2.75, 3.05) is 0 Å². The van der Waals surface area contributed by atoms with E-state index in [2.05, 4.69) is 50.2 Å². The molecule has 0 radical (unpaired) electrons. The minimum Gasteiger partial charge on any atom is -0.0840 e. The summed E-state index contributed by atoms with van der Waals surface area (Å²) in [7, 11) is 0. The van der Waals surface area contributed by atoms with Gasteiger partial charge in [-0.3, -0.25) is 0 Å². The van der Waals surface area contributed by atoms with Gasteiger partial charge in [0.25, 0.3) is 0 Å². The zero-order chi connectivity index (χ0) is 12.3. The quantitative estimate of drug-likeness (QED) is 0.732. The van der Waals surface area contributed by atoms with Crippen LogP contribution in [0.2, 0.25) is 5.02 Å². The first-order chi connectivity index (χ1) is 8.15. The molecule has 0 amide bonds. The third kappa shape index (κ3) is 3.34. The Morgan fingerprint density at radius 3 is 2.12 bits per heavy atom. The fourth-order valence-electron chi connectivity index (χ4n) is 1.89. The Bertz CT molecular complexity index is 497. The molecule has 17 heavy (non-hydrogen) atoms. The van der Waals surface area contributed by atoms with Crippen LogP contribution in [0.1, 0.15) is 22.3 Å². The maximum absolute atomic E-state index is 6.22. The van der Waals surface area contributed by atoms with Crippen molar-refractivity contribution in [3.05, 3.63) is 69.7 Å². The van der Waals surface area contributed by atoms with Crippen molar-refractivity contribution in [3.63, 3.8) is 0 Å². The Labute approximate surface area is 108 Å². The maximum Gasteiger partial charge on any atom is 0.0440 e. The molecular weight excluding hydrogens is 228 g/mol. The van der Waals surface area contributed by atoms with Crippen molar-refractivity contribution in [2.24, 2.45) is 0 Å². The van der Waals surface area contributed by atoms with E-state index in [4.69, 9.17) is 11.6 Å². The van der Waals surface area contributed by atoms with Crippen LogP contribution in [-0.2, 0) is 12.8 Å². The lowest BCUT2D eigenvalue weighted by atomic mass is 10.0. The van der Waals surface area contributed by atoms with E-state index < -0.39 is 0 Å². The fourth-order valence-corrected chi connectivity index (χ4v) is 2.22. The van der Waals surface area contributed by atoms with Gasteiger partial charge in [-0.2, -0.15) is 0 Å². The van der Waals surface area contributed by atoms with Crippen LogP contribution in [0.15, 0.2) is 42.5 Å². The van der Waals surface area contributed by atoms with Crippen LogP contribution in [-0.4, -0.2) is 0 Å². The van der Waals surface area contributed by atoms with E-state index in [1.54, 1.807) is 0 Å². The Kier molecular flexibility index (Phi) is 3.86. The molecular formula is C16H17Cl. The molecule has 2 rings (SSSR count). The lowest BCUT2D eigenvalue weighted by molar-refractivity contribution is 0.958. The lowest BCUT2D eigenvalue weighted by Gasteiger charge is -2.06. The van der Waals surface area contributed by atoms with E-state index in [0.29, 0.717) is 0 Å². The second kappa shape index (κ2) is 5.37. The molecule has 0 spiro atoms. The van der Waals surface area contributed by atoms with Crippen LogP contribution >= 0.6 is 11.6 Å². The molecule has 88 valence electrons. The summed E-state index contributed by atoms with van der Waals surface area (Å²) < 4.78 is 0. The smallest absolute Gasteiger partial charge is 0.0440 e. The number of rotatable bonds is 3. The van der Waals surface area contributed by atoms with E-state index in [0.717, 1.165) is 17.9 Å². The summed E-state index contributed by atoms with van der Waals surface area (Å²) in [6.45, 7) is 4.18. The molecule has 1 heteroatoms. The van der Waals surface area contributed by atoms with Gasteiger partial charge in [-0.15, -0.1) is 0 Å². The minimum atomic E-state index is 0.886. The normalized spacial score (nSPS) is 10.5. The monoisotopic (exact) mass is 244 g/mol. The molecule has 0 saturated heterocycles. The van der Waals surface area contributed by atoms with E-state index >= 15 is 0 Å². The molecule has 0 unspecified atom stereocenters. The third-order valence-electron chi connectivity index (χ3n) is 3.01. The number of hydrogen-bond donors (Lipinski definition) is 0. The Morgan fingerprint density at radius 2 is 1.47 bits per heavy atom. The number of hydrogen-bond acceptors (Lipinski definition) is 0. The molecule has 0 saturated carbocycles. The summed E-state index contributed by atoms with van der Waals surface area (Å²) >= 11 is 6.22. The second-order valence-electron chi connectivity index (χ2n) is 4.58. The highest BCUT2D eigenvalue weighted by Gasteiger charge is 2.01. The summed E-state index contributed by atoms with van der Waals surface area (Å²) in [5.41, 5.74) is 5.13. The number of benzene rings is 2. The van der Waals surface area contributed by atoms with Crippen molar-refractivity contribution in [1.82, 2.24) is 0 Å². The van der Waals surface area contributed by atoms with E-state index in [1.165, 1.54) is 22.3 Å². The fraction of sp³-hybridized carbons (Fsp3) is 0.250. The third-order valence-corrected chi connectivity index (χ3v) is 3.36. The zero-order valence-corrected chi connectivity index (χ0v) is 11.1. The Morgan fingerprint density at radius 1 is 0.824 bits per heavy atom. The average molecular weight is 245 g/mol. The minimum absolute atomic E-state index is 0.886. The first kappa shape index (κ1) is 12.2.